The molecule has 0 bridgehead atoms. The van der Waals surface area contributed by atoms with Crippen LogP contribution < -0.4 is 5.73 Å². The molecule has 88 valence electrons. The fourth-order valence-electron chi connectivity index (χ4n) is 1.53. The highest BCUT2D eigenvalue weighted by molar-refractivity contribution is 7.17. The van der Waals surface area contributed by atoms with Crippen molar-refractivity contribution in [1.29, 1.82) is 0 Å². The molecule has 0 saturated heterocycles. The van der Waals surface area contributed by atoms with Crippen LogP contribution in [0, 0.1) is 0 Å². The van der Waals surface area contributed by atoms with Crippen LogP contribution in [-0.4, -0.2) is 18.4 Å². The number of rotatable bonds is 3. The number of anilines is 1. The number of hydrogen-bond acceptors (Lipinski definition) is 5. The number of nitrogen functional groups attached to an aromatic ring is 1. The SMILES string of the molecule is CCOC(=O)C(=O)c1csc2cc(N)ccc12. The molecule has 0 aliphatic rings. The monoisotopic (exact) mass is 249 g/mol. The summed E-state index contributed by atoms with van der Waals surface area (Å²) in [6.07, 6.45) is 0. The number of Topliss-reactive ketones (excluding diaryl/α,β-unsaturated/α-hetero) is 1. The van der Waals surface area contributed by atoms with Crippen molar-refractivity contribution in [2.24, 2.45) is 0 Å². The van der Waals surface area contributed by atoms with Crippen LogP contribution in [0.5, 0.6) is 0 Å². The summed E-state index contributed by atoms with van der Waals surface area (Å²) in [5.41, 5.74) is 6.66. The molecular weight excluding hydrogens is 238 g/mol. The number of nitrogens with two attached hydrogens (primary N) is 1. The maximum absolute atomic E-state index is 11.8. The van der Waals surface area contributed by atoms with E-state index in [1.807, 2.05) is 0 Å². The summed E-state index contributed by atoms with van der Waals surface area (Å²) in [7, 11) is 0. The molecule has 0 aliphatic heterocycles. The van der Waals surface area contributed by atoms with Crippen molar-refractivity contribution in [3.8, 4) is 0 Å². The second-order valence-corrected chi connectivity index (χ2v) is 4.37. The van der Waals surface area contributed by atoms with Gasteiger partial charge in [-0.2, -0.15) is 0 Å². The average molecular weight is 249 g/mol. The first-order chi connectivity index (χ1) is 8.13. The number of benzene rings is 1. The average Bonchev–Trinajstić information content (AvgIpc) is 2.71. The maximum atomic E-state index is 11.8. The number of carbonyl (C=O) groups is 2. The van der Waals surface area contributed by atoms with E-state index in [-0.39, 0.29) is 6.61 Å². The summed E-state index contributed by atoms with van der Waals surface area (Å²) < 4.78 is 5.58. The molecule has 0 fully saturated rings. The first kappa shape index (κ1) is 11.6. The second kappa shape index (κ2) is 4.55. The topological polar surface area (TPSA) is 69.4 Å². The molecule has 2 N–H and O–H groups in total. The molecule has 0 saturated carbocycles. The van der Waals surface area contributed by atoms with Crippen molar-refractivity contribution in [2.75, 3.05) is 12.3 Å². The van der Waals surface area contributed by atoms with E-state index >= 15 is 0 Å². The van der Waals surface area contributed by atoms with Gasteiger partial charge in [0.15, 0.2) is 0 Å². The Bertz CT molecular complexity index is 588. The van der Waals surface area contributed by atoms with Crippen molar-refractivity contribution < 1.29 is 14.3 Å². The van der Waals surface area contributed by atoms with Crippen molar-refractivity contribution in [3.63, 3.8) is 0 Å². The van der Waals surface area contributed by atoms with E-state index in [0.717, 1.165) is 10.1 Å². The lowest BCUT2D eigenvalue weighted by Gasteiger charge is -2.00. The van der Waals surface area contributed by atoms with Crippen LogP contribution in [0.1, 0.15) is 17.3 Å². The highest BCUT2D eigenvalue weighted by atomic mass is 32.1. The normalized spacial score (nSPS) is 10.4. The fourth-order valence-corrected chi connectivity index (χ4v) is 2.52. The lowest BCUT2D eigenvalue weighted by Crippen LogP contribution is -2.16. The zero-order chi connectivity index (χ0) is 12.4. The van der Waals surface area contributed by atoms with Crippen LogP contribution in [-0.2, 0) is 9.53 Å². The third kappa shape index (κ3) is 2.14. The van der Waals surface area contributed by atoms with Crippen molar-refractivity contribution in [3.05, 3.63) is 29.1 Å². The first-order valence-electron chi connectivity index (χ1n) is 5.11. The molecule has 0 radical (unpaired) electrons. The van der Waals surface area contributed by atoms with Gasteiger partial charge < -0.3 is 10.5 Å². The Morgan fingerprint density at radius 3 is 2.88 bits per heavy atom. The minimum absolute atomic E-state index is 0.194. The van der Waals surface area contributed by atoms with Crippen LogP contribution in [0.15, 0.2) is 23.6 Å². The Labute approximate surface area is 102 Å². The van der Waals surface area contributed by atoms with Gasteiger partial charge >= 0.3 is 5.97 Å². The predicted octanol–water partition coefficient (Wildman–Crippen LogP) is 2.23. The van der Waals surface area contributed by atoms with Gasteiger partial charge in [-0.15, -0.1) is 11.3 Å². The smallest absolute Gasteiger partial charge is 0.379 e. The molecule has 4 nitrogen and oxygen atoms in total. The summed E-state index contributed by atoms with van der Waals surface area (Å²) in [6.45, 7) is 1.86. The van der Waals surface area contributed by atoms with Gasteiger partial charge in [0.05, 0.1) is 6.61 Å². The summed E-state index contributed by atoms with van der Waals surface area (Å²) in [6, 6.07) is 5.23. The van der Waals surface area contributed by atoms with E-state index in [1.54, 1.807) is 30.5 Å². The van der Waals surface area contributed by atoms with E-state index in [1.165, 1.54) is 11.3 Å². The van der Waals surface area contributed by atoms with Crippen LogP contribution >= 0.6 is 11.3 Å². The molecule has 0 atom stereocenters. The third-order valence-electron chi connectivity index (χ3n) is 2.31. The molecule has 1 aromatic carbocycles. The second-order valence-electron chi connectivity index (χ2n) is 3.45. The van der Waals surface area contributed by atoms with Gasteiger partial charge in [-0.3, -0.25) is 4.79 Å². The highest BCUT2D eigenvalue weighted by Gasteiger charge is 2.20. The molecule has 1 heterocycles. The van der Waals surface area contributed by atoms with Crippen LogP contribution in [0.3, 0.4) is 0 Å². The Morgan fingerprint density at radius 2 is 2.18 bits per heavy atom. The first-order valence-corrected chi connectivity index (χ1v) is 5.99. The van der Waals surface area contributed by atoms with Crippen molar-refractivity contribution in [2.45, 2.75) is 6.92 Å². The minimum Gasteiger partial charge on any atom is -0.460 e. The maximum Gasteiger partial charge on any atom is 0.379 e. The molecule has 0 amide bonds. The van der Waals surface area contributed by atoms with Gasteiger partial charge in [0.25, 0.3) is 5.78 Å². The zero-order valence-electron chi connectivity index (χ0n) is 9.23. The summed E-state index contributed by atoms with van der Waals surface area (Å²) in [5, 5.41) is 2.39. The molecule has 0 unspecified atom stereocenters. The number of ketones is 1. The standard InChI is InChI=1S/C12H11NO3S/c1-2-16-12(15)11(14)9-6-17-10-5-7(13)3-4-8(9)10/h3-6H,2,13H2,1H3. The van der Waals surface area contributed by atoms with Crippen molar-refractivity contribution >= 4 is 38.9 Å². The number of ether oxygens (including phenoxy) is 1. The van der Waals surface area contributed by atoms with E-state index < -0.39 is 11.8 Å². The molecule has 2 aromatic rings. The molecule has 0 aliphatic carbocycles. The molecule has 17 heavy (non-hydrogen) atoms. The van der Waals surface area contributed by atoms with Gasteiger partial charge in [0, 0.05) is 26.7 Å². The summed E-state index contributed by atoms with van der Waals surface area (Å²) >= 11 is 1.38. The van der Waals surface area contributed by atoms with E-state index in [9.17, 15) is 9.59 Å². The largest absolute Gasteiger partial charge is 0.460 e. The van der Waals surface area contributed by atoms with Crippen LogP contribution in [0.4, 0.5) is 5.69 Å². The minimum atomic E-state index is -0.816. The lowest BCUT2D eigenvalue weighted by molar-refractivity contribution is -0.137. The summed E-state index contributed by atoms with van der Waals surface area (Å²) in [4.78, 5) is 23.2. The number of thiophene rings is 1. The quantitative estimate of drug-likeness (QED) is 0.392. The van der Waals surface area contributed by atoms with Gasteiger partial charge in [-0.05, 0) is 19.1 Å². The number of fused-ring (bicyclic) bond motifs is 1. The van der Waals surface area contributed by atoms with Gasteiger partial charge in [-0.25, -0.2) is 4.79 Å². The number of esters is 1. The molecule has 1 aromatic heterocycles. The molecule has 5 heteroatoms. The fraction of sp³-hybridized carbons (Fsp3) is 0.167. The molecule has 0 spiro atoms. The number of carbonyl (C=O) groups excluding carboxylic acids is 2. The van der Waals surface area contributed by atoms with Gasteiger partial charge in [-0.1, -0.05) is 6.07 Å². The summed E-state index contributed by atoms with van der Waals surface area (Å²) in [5.74, 6) is -1.42. The Morgan fingerprint density at radius 1 is 1.41 bits per heavy atom. The van der Waals surface area contributed by atoms with Crippen LogP contribution in [0.25, 0.3) is 10.1 Å². The Balaban J connectivity index is 2.43. The van der Waals surface area contributed by atoms with Gasteiger partial charge in [0.2, 0.25) is 0 Å². The van der Waals surface area contributed by atoms with Crippen LogP contribution in [0.2, 0.25) is 0 Å². The van der Waals surface area contributed by atoms with Crippen molar-refractivity contribution in [1.82, 2.24) is 0 Å². The number of hydrogen-bond donors (Lipinski definition) is 1. The molecular formula is C12H11NO3S. The predicted molar refractivity (Wildman–Crippen MR) is 67.2 cm³/mol. The molecule has 2 rings (SSSR count). The zero-order valence-corrected chi connectivity index (χ0v) is 10.0. The third-order valence-corrected chi connectivity index (χ3v) is 3.25. The van der Waals surface area contributed by atoms with E-state index in [4.69, 9.17) is 10.5 Å². The highest BCUT2D eigenvalue weighted by Crippen LogP contribution is 2.28. The van der Waals surface area contributed by atoms with E-state index in [0.29, 0.717) is 11.3 Å². The van der Waals surface area contributed by atoms with Gasteiger partial charge in [0.1, 0.15) is 0 Å². The Kier molecular flexibility index (Phi) is 3.10. The van der Waals surface area contributed by atoms with E-state index in [2.05, 4.69) is 0 Å². The lowest BCUT2D eigenvalue weighted by atomic mass is 10.1. The Hall–Kier alpha value is -1.88.